The van der Waals surface area contributed by atoms with Crippen LogP contribution in [0.25, 0.3) is 6.08 Å². The molecule has 0 aliphatic carbocycles. The Bertz CT molecular complexity index is 881. The van der Waals surface area contributed by atoms with Crippen LogP contribution in [0.2, 0.25) is 0 Å². The van der Waals surface area contributed by atoms with Crippen LogP contribution in [-0.4, -0.2) is 25.0 Å². The number of Topliss-reactive ketones (excluding diaryl/α,β-unsaturated/α-hetero) is 1. The lowest BCUT2D eigenvalue weighted by Crippen LogP contribution is -2.24. The molecule has 2 aromatic carbocycles. The molecule has 0 spiro atoms. The highest BCUT2D eigenvalue weighted by Crippen LogP contribution is 2.34. The summed E-state index contributed by atoms with van der Waals surface area (Å²) in [5, 5.41) is 0. The van der Waals surface area contributed by atoms with Gasteiger partial charge in [0.05, 0.1) is 12.7 Å². The number of carbonyl (C=O) groups is 2. The summed E-state index contributed by atoms with van der Waals surface area (Å²) in [5.41, 5.74) is 1.49. The van der Waals surface area contributed by atoms with Gasteiger partial charge in [0.1, 0.15) is 11.5 Å². The van der Waals surface area contributed by atoms with Gasteiger partial charge in [0.25, 0.3) is 0 Å². The molecule has 1 aliphatic rings. The van der Waals surface area contributed by atoms with E-state index in [1.54, 1.807) is 37.3 Å². The van der Waals surface area contributed by atoms with E-state index in [0.717, 1.165) is 5.56 Å². The molecule has 3 rings (SSSR count). The zero-order valence-electron chi connectivity index (χ0n) is 14.5. The van der Waals surface area contributed by atoms with Crippen molar-refractivity contribution in [3.05, 3.63) is 77.6 Å². The number of esters is 1. The van der Waals surface area contributed by atoms with Gasteiger partial charge in [-0.25, -0.2) is 4.79 Å². The minimum absolute atomic E-state index is 0.190. The van der Waals surface area contributed by atoms with E-state index in [9.17, 15) is 9.59 Å². The van der Waals surface area contributed by atoms with Crippen molar-refractivity contribution < 1.29 is 23.8 Å². The number of ketones is 1. The molecule has 26 heavy (non-hydrogen) atoms. The topological polar surface area (TPSA) is 61.8 Å². The fourth-order valence-corrected chi connectivity index (χ4v) is 2.48. The van der Waals surface area contributed by atoms with E-state index < -0.39 is 12.1 Å². The number of methoxy groups -OCH3 is 1. The third-order valence-electron chi connectivity index (χ3n) is 3.82. The molecule has 0 bridgehead atoms. The Labute approximate surface area is 151 Å². The van der Waals surface area contributed by atoms with Crippen molar-refractivity contribution >= 4 is 17.8 Å². The Morgan fingerprint density at radius 3 is 2.65 bits per heavy atom. The highest BCUT2D eigenvalue weighted by atomic mass is 16.6. The maximum Gasteiger partial charge on any atom is 0.346 e. The Balaban J connectivity index is 1.73. The van der Waals surface area contributed by atoms with E-state index in [1.807, 2.05) is 36.4 Å². The highest BCUT2D eigenvalue weighted by Gasteiger charge is 2.27. The number of benzene rings is 2. The lowest BCUT2D eigenvalue weighted by atomic mass is 10.1. The number of carbonyl (C=O) groups excluding carboxylic acids is 2. The van der Waals surface area contributed by atoms with Gasteiger partial charge in [-0.2, -0.15) is 0 Å². The summed E-state index contributed by atoms with van der Waals surface area (Å²) in [5.74, 6) is 0.407. The van der Waals surface area contributed by atoms with Crippen LogP contribution in [-0.2, 0) is 9.53 Å². The minimum Gasteiger partial charge on any atom is -0.479 e. The van der Waals surface area contributed by atoms with E-state index >= 15 is 0 Å². The van der Waals surface area contributed by atoms with Crippen LogP contribution >= 0.6 is 0 Å². The van der Waals surface area contributed by atoms with Crippen LogP contribution in [0.15, 0.2) is 66.4 Å². The van der Waals surface area contributed by atoms with Crippen LogP contribution in [0, 0.1) is 0 Å². The predicted octanol–water partition coefficient (Wildman–Crippen LogP) is 3.80. The van der Waals surface area contributed by atoms with Gasteiger partial charge < -0.3 is 14.2 Å². The zero-order valence-corrected chi connectivity index (χ0v) is 14.5. The van der Waals surface area contributed by atoms with Crippen LogP contribution in [0.3, 0.4) is 0 Å². The van der Waals surface area contributed by atoms with Gasteiger partial charge in [0.15, 0.2) is 11.9 Å². The zero-order chi connectivity index (χ0) is 18.5. The van der Waals surface area contributed by atoms with Crippen molar-refractivity contribution in [2.24, 2.45) is 0 Å². The number of ether oxygens (including phenoxy) is 3. The lowest BCUT2D eigenvalue weighted by molar-refractivity contribution is -0.147. The van der Waals surface area contributed by atoms with E-state index in [0.29, 0.717) is 17.1 Å². The van der Waals surface area contributed by atoms with Gasteiger partial charge in [-0.05, 0) is 30.7 Å². The Morgan fingerprint density at radius 2 is 1.92 bits per heavy atom. The summed E-state index contributed by atoms with van der Waals surface area (Å²) >= 11 is 0. The summed E-state index contributed by atoms with van der Waals surface area (Å²) in [6.45, 7) is 1.59. The van der Waals surface area contributed by atoms with E-state index in [2.05, 4.69) is 4.74 Å². The van der Waals surface area contributed by atoms with Crippen LogP contribution < -0.4 is 9.47 Å². The summed E-state index contributed by atoms with van der Waals surface area (Å²) < 4.78 is 15.8. The van der Waals surface area contributed by atoms with E-state index in [-0.39, 0.29) is 11.5 Å². The molecule has 0 radical (unpaired) electrons. The second kappa shape index (κ2) is 7.70. The summed E-state index contributed by atoms with van der Waals surface area (Å²) in [7, 11) is 1.30. The smallest absolute Gasteiger partial charge is 0.346 e. The van der Waals surface area contributed by atoms with Crippen LogP contribution in [0.4, 0.5) is 0 Å². The molecular weight excluding hydrogens is 332 g/mol. The van der Waals surface area contributed by atoms with Gasteiger partial charge in [-0.1, -0.05) is 42.5 Å². The van der Waals surface area contributed by atoms with E-state index in [1.165, 1.54) is 7.11 Å². The fourth-order valence-electron chi connectivity index (χ4n) is 2.48. The molecule has 0 saturated carbocycles. The Morgan fingerprint density at radius 1 is 1.15 bits per heavy atom. The lowest BCUT2D eigenvalue weighted by Gasteiger charge is -2.12. The SMILES string of the molecule is COC(=O)[C@@H](C)Oc1ccc2c(c1)OC(=CC=Cc1ccccc1)C2=O. The van der Waals surface area contributed by atoms with Gasteiger partial charge in [0.2, 0.25) is 5.78 Å². The van der Waals surface area contributed by atoms with Crippen LogP contribution in [0.5, 0.6) is 11.5 Å². The number of rotatable bonds is 5. The van der Waals surface area contributed by atoms with E-state index in [4.69, 9.17) is 9.47 Å². The molecule has 5 heteroatoms. The van der Waals surface area contributed by atoms with Gasteiger partial charge in [0, 0.05) is 6.07 Å². The predicted molar refractivity (Wildman–Crippen MR) is 97.1 cm³/mol. The Hall–Kier alpha value is -3.34. The molecule has 0 N–H and O–H groups in total. The van der Waals surface area contributed by atoms with Crippen molar-refractivity contribution in [1.29, 1.82) is 0 Å². The fraction of sp³-hybridized carbons (Fsp3) is 0.143. The molecule has 0 unspecified atom stereocenters. The standard InChI is InChI=1S/C21H18O5/c1-14(21(23)24-2)25-16-11-12-17-19(13-16)26-18(20(17)22)10-6-9-15-7-4-3-5-8-15/h3-14H,1-2H3/t14-/m1/s1. The first-order valence-electron chi connectivity index (χ1n) is 8.13. The van der Waals surface area contributed by atoms with Crippen molar-refractivity contribution in [3.63, 3.8) is 0 Å². The number of hydrogen-bond acceptors (Lipinski definition) is 5. The number of allylic oxidation sites excluding steroid dienone is 3. The summed E-state index contributed by atoms with van der Waals surface area (Å²) in [6, 6.07) is 14.6. The molecule has 1 aliphatic heterocycles. The molecule has 2 aromatic rings. The largest absolute Gasteiger partial charge is 0.479 e. The first kappa shape index (κ1) is 17.5. The first-order chi connectivity index (χ1) is 12.6. The summed E-state index contributed by atoms with van der Waals surface area (Å²) in [6.07, 6.45) is 4.54. The van der Waals surface area contributed by atoms with Crippen molar-refractivity contribution in [2.75, 3.05) is 7.11 Å². The average Bonchev–Trinajstić information content (AvgIpc) is 2.97. The normalized spacial score (nSPS) is 15.6. The quantitative estimate of drug-likeness (QED) is 0.606. The molecule has 132 valence electrons. The first-order valence-corrected chi connectivity index (χ1v) is 8.13. The number of hydrogen-bond donors (Lipinski definition) is 0. The highest BCUT2D eigenvalue weighted by molar-refractivity contribution is 6.12. The summed E-state index contributed by atoms with van der Waals surface area (Å²) in [4.78, 5) is 23.8. The third kappa shape index (κ3) is 3.83. The average molecular weight is 350 g/mol. The maximum absolute atomic E-state index is 12.4. The molecule has 0 amide bonds. The maximum atomic E-state index is 12.4. The third-order valence-corrected chi connectivity index (χ3v) is 3.82. The number of fused-ring (bicyclic) bond motifs is 1. The van der Waals surface area contributed by atoms with Gasteiger partial charge in [-0.3, -0.25) is 4.79 Å². The van der Waals surface area contributed by atoms with Gasteiger partial charge in [-0.15, -0.1) is 0 Å². The molecule has 0 aromatic heterocycles. The monoisotopic (exact) mass is 350 g/mol. The van der Waals surface area contributed by atoms with Crippen LogP contribution in [0.1, 0.15) is 22.8 Å². The van der Waals surface area contributed by atoms with Gasteiger partial charge >= 0.3 is 5.97 Å². The molecular formula is C21H18O5. The molecule has 1 heterocycles. The molecule has 5 nitrogen and oxygen atoms in total. The Kier molecular flexibility index (Phi) is 5.17. The van der Waals surface area contributed by atoms with Crippen molar-refractivity contribution in [3.8, 4) is 11.5 Å². The molecule has 0 fully saturated rings. The second-order valence-electron chi connectivity index (χ2n) is 5.67. The molecule has 1 atom stereocenters. The second-order valence-corrected chi connectivity index (χ2v) is 5.67. The minimum atomic E-state index is -0.751. The van der Waals surface area contributed by atoms with Crippen molar-refractivity contribution in [1.82, 2.24) is 0 Å². The molecule has 0 saturated heterocycles. The van der Waals surface area contributed by atoms with Crippen molar-refractivity contribution in [2.45, 2.75) is 13.0 Å².